The molecule has 0 atom stereocenters. The van der Waals surface area contributed by atoms with Gasteiger partial charge in [0.2, 0.25) is 4.96 Å². The van der Waals surface area contributed by atoms with E-state index in [9.17, 15) is 4.79 Å². The first-order valence-electron chi connectivity index (χ1n) is 7.06. The van der Waals surface area contributed by atoms with Crippen LogP contribution in [0.2, 0.25) is 0 Å². The maximum atomic E-state index is 12.5. The molecule has 3 aromatic rings. The Morgan fingerprint density at radius 2 is 2.09 bits per heavy atom. The van der Waals surface area contributed by atoms with Gasteiger partial charge in [0.15, 0.2) is 0 Å². The lowest BCUT2D eigenvalue weighted by atomic mass is 10.2. The molecule has 0 fully saturated rings. The molecule has 0 radical (unpaired) electrons. The Bertz CT molecular complexity index is 849. The van der Waals surface area contributed by atoms with Gasteiger partial charge in [-0.2, -0.15) is 0 Å². The Balaban J connectivity index is 1.98. The molecule has 0 unspecified atom stereocenters. The van der Waals surface area contributed by atoms with Crippen LogP contribution in [0.3, 0.4) is 0 Å². The van der Waals surface area contributed by atoms with Gasteiger partial charge >= 0.3 is 0 Å². The normalized spacial score (nSPS) is 11.3. The SMILES string of the molecule is Cc1cccnc1NC(=O)c1sc2nnc(C(C)C)n2c1C. The molecule has 0 spiro atoms. The van der Waals surface area contributed by atoms with Crippen molar-refractivity contribution < 1.29 is 4.79 Å². The van der Waals surface area contributed by atoms with E-state index in [-0.39, 0.29) is 11.8 Å². The summed E-state index contributed by atoms with van der Waals surface area (Å²) in [7, 11) is 0. The van der Waals surface area contributed by atoms with Crippen LogP contribution in [-0.4, -0.2) is 25.5 Å². The molecule has 7 heteroatoms. The number of carbonyl (C=O) groups excluding carboxylic acids is 1. The van der Waals surface area contributed by atoms with E-state index >= 15 is 0 Å². The third-order valence-electron chi connectivity index (χ3n) is 3.48. The number of nitrogens with zero attached hydrogens (tertiary/aromatic N) is 4. The lowest BCUT2D eigenvalue weighted by molar-refractivity contribution is 0.102. The van der Waals surface area contributed by atoms with Crippen molar-refractivity contribution in [2.24, 2.45) is 0 Å². The van der Waals surface area contributed by atoms with Gasteiger partial charge in [-0.1, -0.05) is 31.3 Å². The highest BCUT2D eigenvalue weighted by Crippen LogP contribution is 2.26. The molecule has 0 aliphatic rings. The summed E-state index contributed by atoms with van der Waals surface area (Å²) in [6.45, 7) is 7.95. The number of carbonyl (C=O) groups is 1. The number of thiazole rings is 1. The fourth-order valence-corrected chi connectivity index (χ4v) is 3.26. The van der Waals surface area contributed by atoms with E-state index in [1.54, 1.807) is 6.20 Å². The van der Waals surface area contributed by atoms with Gasteiger partial charge in [-0.25, -0.2) is 4.98 Å². The van der Waals surface area contributed by atoms with Crippen LogP contribution >= 0.6 is 11.3 Å². The zero-order valence-electron chi connectivity index (χ0n) is 12.9. The number of pyridine rings is 1. The largest absolute Gasteiger partial charge is 0.306 e. The van der Waals surface area contributed by atoms with Crippen molar-refractivity contribution >= 4 is 28.0 Å². The average molecular weight is 315 g/mol. The van der Waals surface area contributed by atoms with Crippen LogP contribution in [0.4, 0.5) is 5.82 Å². The smallest absolute Gasteiger partial charge is 0.268 e. The summed E-state index contributed by atoms with van der Waals surface area (Å²) < 4.78 is 1.95. The quantitative estimate of drug-likeness (QED) is 0.805. The molecule has 0 bridgehead atoms. The van der Waals surface area contributed by atoms with Crippen molar-refractivity contribution in [3.05, 3.63) is 40.3 Å². The molecule has 0 aliphatic heterocycles. The number of fused-ring (bicyclic) bond motifs is 1. The summed E-state index contributed by atoms with van der Waals surface area (Å²) in [5, 5.41) is 11.2. The van der Waals surface area contributed by atoms with Gasteiger partial charge in [0.05, 0.1) is 0 Å². The third-order valence-corrected chi connectivity index (χ3v) is 4.61. The van der Waals surface area contributed by atoms with E-state index in [0.29, 0.717) is 10.7 Å². The first kappa shape index (κ1) is 14.6. The topological polar surface area (TPSA) is 72.2 Å². The fraction of sp³-hybridized carbons (Fsp3) is 0.333. The van der Waals surface area contributed by atoms with E-state index in [2.05, 4.69) is 34.3 Å². The lowest BCUT2D eigenvalue weighted by Gasteiger charge is -2.06. The molecule has 6 nitrogen and oxygen atoms in total. The van der Waals surface area contributed by atoms with Gasteiger partial charge in [-0.3, -0.25) is 9.20 Å². The Morgan fingerprint density at radius 3 is 2.77 bits per heavy atom. The summed E-state index contributed by atoms with van der Waals surface area (Å²) in [5.41, 5.74) is 1.79. The first-order valence-corrected chi connectivity index (χ1v) is 7.88. The Morgan fingerprint density at radius 1 is 1.32 bits per heavy atom. The van der Waals surface area contributed by atoms with Crippen LogP contribution in [0.5, 0.6) is 0 Å². The van der Waals surface area contributed by atoms with Gasteiger partial charge in [0.1, 0.15) is 16.5 Å². The minimum atomic E-state index is -0.162. The molecular weight excluding hydrogens is 298 g/mol. The number of hydrogen-bond donors (Lipinski definition) is 1. The molecule has 3 heterocycles. The number of amides is 1. The van der Waals surface area contributed by atoms with Crippen molar-refractivity contribution in [3.8, 4) is 0 Å². The van der Waals surface area contributed by atoms with Gasteiger partial charge < -0.3 is 5.32 Å². The Hall–Kier alpha value is -2.28. The van der Waals surface area contributed by atoms with Gasteiger partial charge in [0, 0.05) is 17.8 Å². The van der Waals surface area contributed by atoms with Gasteiger partial charge in [0.25, 0.3) is 5.91 Å². The predicted molar refractivity (Wildman–Crippen MR) is 86.6 cm³/mol. The van der Waals surface area contributed by atoms with E-state index in [1.165, 1.54) is 11.3 Å². The second-order valence-corrected chi connectivity index (χ2v) is 6.45. The monoisotopic (exact) mass is 315 g/mol. The highest BCUT2D eigenvalue weighted by Gasteiger charge is 2.21. The summed E-state index contributed by atoms with van der Waals surface area (Å²) in [4.78, 5) is 18.1. The number of nitrogens with one attached hydrogen (secondary N) is 1. The first-order chi connectivity index (χ1) is 10.5. The lowest BCUT2D eigenvalue weighted by Crippen LogP contribution is -2.14. The highest BCUT2D eigenvalue weighted by molar-refractivity contribution is 7.19. The second kappa shape index (κ2) is 5.49. The summed E-state index contributed by atoms with van der Waals surface area (Å²) >= 11 is 1.34. The van der Waals surface area contributed by atoms with Gasteiger partial charge in [-0.05, 0) is 25.5 Å². The zero-order valence-corrected chi connectivity index (χ0v) is 13.7. The third kappa shape index (κ3) is 2.37. The molecule has 0 saturated heterocycles. The van der Waals surface area contributed by atoms with E-state index in [1.807, 2.05) is 30.4 Å². The fourth-order valence-electron chi connectivity index (χ4n) is 2.29. The van der Waals surface area contributed by atoms with Crippen LogP contribution in [0.15, 0.2) is 18.3 Å². The predicted octanol–water partition coefficient (Wildman–Crippen LogP) is 3.18. The van der Waals surface area contributed by atoms with Crippen molar-refractivity contribution in [2.75, 3.05) is 5.32 Å². The van der Waals surface area contributed by atoms with Crippen molar-refractivity contribution in [1.29, 1.82) is 0 Å². The molecule has 1 amide bonds. The Labute approximate surface area is 132 Å². The van der Waals surface area contributed by atoms with Crippen LogP contribution < -0.4 is 5.32 Å². The minimum Gasteiger partial charge on any atom is -0.306 e. The number of anilines is 1. The van der Waals surface area contributed by atoms with E-state index in [4.69, 9.17) is 0 Å². The molecule has 3 aromatic heterocycles. The molecule has 1 N–H and O–H groups in total. The molecular formula is C15H17N5OS. The van der Waals surface area contributed by atoms with Crippen molar-refractivity contribution in [3.63, 3.8) is 0 Å². The van der Waals surface area contributed by atoms with Crippen molar-refractivity contribution in [1.82, 2.24) is 19.6 Å². The van der Waals surface area contributed by atoms with Crippen molar-refractivity contribution in [2.45, 2.75) is 33.6 Å². The van der Waals surface area contributed by atoms with E-state index in [0.717, 1.165) is 22.0 Å². The summed E-state index contributed by atoms with van der Waals surface area (Å²) in [5.74, 6) is 1.54. The molecule has 0 aromatic carbocycles. The molecule has 0 aliphatic carbocycles. The molecule has 22 heavy (non-hydrogen) atoms. The maximum Gasteiger partial charge on any atom is 0.268 e. The second-order valence-electron chi connectivity index (χ2n) is 5.47. The molecule has 114 valence electrons. The Kier molecular flexibility index (Phi) is 3.66. The number of aromatic nitrogens is 4. The average Bonchev–Trinajstić information content (AvgIpc) is 3.02. The van der Waals surface area contributed by atoms with Crippen LogP contribution in [0, 0.1) is 13.8 Å². The van der Waals surface area contributed by atoms with E-state index < -0.39 is 0 Å². The number of rotatable bonds is 3. The summed E-state index contributed by atoms with van der Waals surface area (Å²) in [6.07, 6.45) is 1.66. The number of aryl methyl sites for hydroxylation is 2. The molecule has 0 saturated carbocycles. The maximum absolute atomic E-state index is 12.5. The minimum absolute atomic E-state index is 0.162. The standard InChI is InChI=1S/C15H17N5OS/c1-8(2)13-18-19-15-20(13)10(4)11(22-15)14(21)17-12-9(3)6-5-7-16-12/h5-8H,1-4H3,(H,16,17,21). The molecule has 3 rings (SSSR count). The van der Waals surface area contributed by atoms with Gasteiger partial charge in [-0.15, -0.1) is 10.2 Å². The highest BCUT2D eigenvalue weighted by atomic mass is 32.1. The van der Waals surface area contributed by atoms with Crippen LogP contribution in [0.1, 0.15) is 46.5 Å². The number of hydrogen-bond acceptors (Lipinski definition) is 5. The van der Waals surface area contributed by atoms with Crippen LogP contribution in [-0.2, 0) is 0 Å². The summed E-state index contributed by atoms with van der Waals surface area (Å²) in [6, 6.07) is 3.76. The zero-order chi connectivity index (χ0) is 15.9. The van der Waals surface area contributed by atoms with Crippen LogP contribution in [0.25, 0.3) is 4.96 Å².